The predicted octanol–water partition coefficient (Wildman–Crippen LogP) is 1.94. The molecule has 1 aliphatic heterocycles. The van der Waals surface area contributed by atoms with Crippen LogP contribution in [0.5, 0.6) is 0 Å². The Balaban J connectivity index is 2.16. The summed E-state index contributed by atoms with van der Waals surface area (Å²) in [5, 5.41) is 7.21. The lowest BCUT2D eigenvalue weighted by molar-refractivity contribution is 0.442. The summed E-state index contributed by atoms with van der Waals surface area (Å²) < 4.78 is 41.1. The number of hydrogen-bond acceptors (Lipinski definition) is 2. The molecule has 2 heterocycles. The zero-order valence-corrected chi connectivity index (χ0v) is 9.38. The fourth-order valence-corrected chi connectivity index (χ4v) is 2.14. The molecule has 0 bridgehead atoms. The molecule has 0 spiro atoms. The molecule has 18 heavy (non-hydrogen) atoms. The van der Waals surface area contributed by atoms with Crippen LogP contribution in [0.25, 0.3) is 5.69 Å². The maximum atomic E-state index is 13.7. The van der Waals surface area contributed by atoms with Crippen molar-refractivity contribution in [2.45, 2.75) is 13.0 Å². The average Bonchev–Trinajstić information content (AvgIpc) is 2.80. The molecule has 6 heteroatoms. The average molecular weight is 253 g/mol. The minimum absolute atomic E-state index is 0.0583. The Morgan fingerprint density at radius 1 is 1.17 bits per heavy atom. The van der Waals surface area contributed by atoms with Crippen molar-refractivity contribution in [3.05, 3.63) is 47.0 Å². The molecule has 0 aliphatic carbocycles. The van der Waals surface area contributed by atoms with Crippen LogP contribution in [0.15, 0.2) is 18.3 Å². The fraction of sp³-hybridized carbons (Fsp3) is 0.250. The minimum atomic E-state index is -1.47. The summed E-state index contributed by atoms with van der Waals surface area (Å²) in [6.07, 6.45) is 2.29. The van der Waals surface area contributed by atoms with Crippen molar-refractivity contribution in [2.75, 3.05) is 6.54 Å². The van der Waals surface area contributed by atoms with Crippen LogP contribution >= 0.6 is 0 Å². The van der Waals surface area contributed by atoms with Crippen LogP contribution in [-0.2, 0) is 13.0 Å². The van der Waals surface area contributed by atoms with Crippen molar-refractivity contribution < 1.29 is 13.2 Å². The first kappa shape index (κ1) is 11.3. The van der Waals surface area contributed by atoms with Gasteiger partial charge in [-0.3, -0.25) is 0 Å². The molecule has 0 radical (unpaired) electrons. The Labute approximate surface area is 101 Å². The van der Waals surface area contributed by atoms with E-state index in [0.717, 1.165) is 23.9 Å². The van der Waals surface area contributed by atoms with Crippen LogP contribution in [0, 0.1) is 17.5 Å². The van der Waals surface area contributed by atoms with Crippen LogP contribution in [0.2, 0.25) is 0 Å². The van der Waals surface area contributed by atoms with E-state index in [1.807, 2.05) is 0 Å². The van der Waals surface area contributed by atoms with Gasteiger partial charge in [0.2, 0.25) is 0 Å². The van der Waals surface area contributed by atoms with Crippen LogP contribution < -0.4 is 5.32 Å². The summed E-state index contributed by atoms with van der Waals surface area (Å²) in [5.41, 5.74) is 1.72. The van der Waals surface area contributed by atoms with E-state index in [9.17, 15) is 13.2 Å². The van der Waals surface area contributed by atoms with Gasteiger partial charge in [0.25, 0.3) is 0 Å². The number of halogens is 3. The minimum Gasteiger partial charge on any atom is -0.312 e. The first-order valence-corrected chi connectivity index (χ1v) is 5.59. The second-order valence-electron chi connectivity index (χ2n) is 4.15. The molecular weight excluding hydrogens is 243 g/mol. The van der Waals surface area contributed by atoms with Crippen molar-refractivity contribution in [3.8, 4) is 5.69 Å². The summed E-state index contributed by atoms with van der Waals surface area (Å²) in [7, 11) is 0. The summed E-state index contributed by atoms with van der Waals surface area (Å²) >= 11 is 0. The first-order valence-electron chi connectivity index (χ1n) is 5.59. The molecule has 94 valence electrons. The molecule has 0 amide bonds. The number of nitrogens with zero attached hydrogens (tertiary/aromatic N) is 2. The molecule has 1 aliphatic rings. The highest BCUT2D eigenvalue weighted by Crippen LogP contribution is 2.22. The molecule has 0 unspecified atom stereocenters. The van der Waals surface area contributed by atoms with E-state index in [0.29, 0.717) is 13.0 Å². The van der Waals surface area contributed by atoms with Gasteiger partial charge in [-0.15, -0.1) is 0 Å². The quantitative estimate of drug-likeness (QED) is 0.787. The molecule has 1 N–H and O–H groups in total. The number of rotatable bonds is 1. The Kier molecular flexibility index (Phi) is 2.59. The predicted molar refractivity (Wildman–Crippen MR) is 58.8 cm³/mol. The molecule has 0 fully saturated rings. The van der Waals surface area contributed by atoms with Crippen LogP contribution in [-0.4, -0.2) is 16.3 Å². The van der Waals surface area contributed by atoms with E-state index >= 15 is 0 Å². The monoisotopic (exact) mass is 253 g/mol. The van der Waals surface area contributed by atoms with E-state index < -0.39 is 17.5 Å². The van der Waals surface area contributed by atoms with Gasteiger partial charge in [-0.2, -0.15) is 5.10 Å². The standard InChI is InChI=1S/C12H10F3N3/c13-8-1-2-10(12(15)11(8)14)18-9-3-4-16-5-7(9)6-17-18/h1-2,6,16H,3-5H2. The highest BCUT2D eigenvalue weighted by Gasteiger charge is 2.20. The molecule has 3 rings (SSSR count). The number of hydrogen-bond donors (Lipinski definition) is 1. The van der Waals surface area contributed by atoms with Gasteiger partial charge >= 0.3 is 0 Å². The van der Waals surface area contributed by atoms with Gasteiger partial charge in [0.05, 0.1) is 11.9 Å². The largest absolute Gasteiger partial charge is 0.312 e. The van der Waals surface area contributed by atoms with Gasteiger partial charge in [-0.25, -0.2) is 17.9 Å². The normalized spacial score (nSPS) is 14.6. The highest BCUT2D eigenvalue weighted by molar-refractivity contribution is 5.38. The topological polar surface area (TPSA) is 29.9 Å². The highest BCUT2D eigenvalue weighted by atomic mass is 19.2. The SMILES string of the molecule is Fc1ccc(-n2ncc3c2CCNC3)c(F)c1F. The molecule has 0 saturated carbocycles. The third-order valence-electron chi connectivity index (χ3n) is 3.05. The zero-order valence-electron chi connectivity index (χ0n) is 9.38. The Bertz CT molecular complexity index is 607. The van der Waals surface area contributed by atoms with Gasteiger partial charge in [-0.1, -0.05) is 0 Å². The Morgan fingerprint density at radius 2 is 2.00 bits per heavy atom. The van der Waals surface area contributed by atoms with Gasteiger partial charge in [0.15, 0.2) is 17.5 Å². The first-order chi connectivity index (χ1) is 8.68. The zero-order chi connectivity index (χ0) is 12.7. The number of nitrogens with one attached hydrogen (secondary N) is 1. The molecule has 1 aromatic carbocycles. The molecule has 0 saturated heterocycles. The van der Waals surface area contributed by atoms with Gasteiger partial charge in [-0.05, 0) is 12.1 Å². The van der Waals surface area contributed by atoms with Gasteiger partial charge in [0, 0.05) is 25.1 Å². The van der Waals surface area contributed by atoms with Gasteiger partial charge in [0.1, 0.15) is 5.69 Å². The summed E-state index contributed by atoms with van der Waals surface area (Å²) in [6.45, 7) is 1.41. The smallest absolute Gasteiger partial charge is 0.196 e. The fourth-order valence-electron chi connectivity index (χ4n) is 2.14. The van der Waals surface area contributed by atoms with E-state index in [1.165, 1.54) is 10.7 Å². The number of aromatic nitrogens is 2. The Hall–Kier alpha value is -1.82. The Morgan fingerprint density at radius 3 is 2.83 bits per heavy atom. The van der Waals surface area contributed by atoms with Crippen molar-refractivity contribution in [3.63, 3.8) is 0 Å². The van der Waals surface area contributed by atoms with Gasteiger partial charge < -0.3 is 5.32 Å². The summed E-state index contributed by atoms with van der Waals surface area (Å²) in [4.78, 5) is 0. The van der Waals surface area contributed by atoms with Crippen LogP contribution in [0.3, 0.4) is 0 Å². The summed E-state index contributed by atoms with van der Waals surface area (Å²) in [6, 6.07) is 2.10. The maximum absolute atomic E-state index is 13.7. The molecule has 0 atom stereocenters. The van der Waals surface area contributed by atoms with Crippen LogP contribution in [0.4, 0.5) is 13.2 Å². The van der Waals surface area contributed by atoms with E-state index in [4.69, 9.17) is 0 Å². The van der Waals surface area contributed by atoms with Crippen molar-refractivity contribution in [2.24, 2.45) is 0 Å². The second-order valence-corrected chi connectivity index (χ2v) is 4.15. The van der Waals surface area contributed by atoms with E-state index in [2.05, 4.69) is 10.4 Å². The third-order valence-corrected chi connectivity index (χ3v) is 3.05. The number of fused-ring (bicyclic) bond motifs is 1. The van der Waals surface area contributed by atoms with E-state index in [1.54, 1.807) is 6.20 Å². The molecular formula is C12H10F3N3. The number of benzene rings is 1. The van der Waals surface area contributed by atoms with Crippen molar-refractivity contribution in [1.82, 2.24) is 15.1 Å². The lowest BCUT2D eigenvalue weighted by atomic mass is 10.1. The second kappa shape index (κ2) is 4.13. The molecule has 1 aromatic heterocycles. The molecule has 3 nitrogen and oxygen atoms in total. The molecule has 2 aromatic rings. The van der Waals surface area contributed by atoms with Crippen molar-refractivity contribution in [1.29, 1.82) is 0 Å². The van der Waals surface area contributed by atoms with E-state index in [-0.39, 0.29) is 5.69 Å². The lowest BCUT2D eigenvalue weighted by Gasteiger charge is -2.15. The maximum Gasteiger partial charge on any atom is 0.196 e. The summed E-state index contributed by atoms with van der Waals surface area (Å²) in [5.74, 6) is -3.87. The van der Waals surface area contributed by atoms with Crippen LogP contribution in [0.1, 0.15) is 11.3 Å². The van der Waals surface area contributed by atoms with Crippen molar-refractivity contribution >= 4 is 0 Å². The third kappa shape index (κ3) is 1.60. The lowest BCUT2D eigenvalue weighted by Crippen LogP contribution is -2.24.